The number of unbranched alkanes of at least 4 members (excludes halogenated alkanes) is 1. The van der Waals surface area contributed by atoms with E-state index >= 15 is 0 Å². The second-order valence-electron chi connectivity index (χ2n) is 1.25. The summed E-state index contributed by atoms with van der Waals surface area (Å²) in [5.41, 5.74) is 3.72. The average molecular weight is 327 g/mol. The molecule has 46 valence electrons. The Labute approximate surface area is 75.6 Å². The number of halogens is 2. The van der Waals surface area contributed by atoms with Crippen LogP contribution in [0.1, 0.15) is 12.8 Å². The van der Waals surface area contributed by atoms with Gasteiger partial charge in [0, 0.05) is 0 Å². The highest BCUT2D eigenvalue weighted by molar-refractivity contribution is 14.1. The van der Waals surface area contributed by atoms with Crippen LogP contribution in [0.25, 0.3) is 0 Å². The van der Waals surface area contributed by atoms with Gasteiger partial charge in [0.05, 0.1) is 6.54 Å². The molecular weight excluding hydrogens is 316 g/mol. The molecule has 0 aliphatic heterocycles. The maximum absolute atomic E-state index is 3.72. The zero-order valence-corrected chi connectivity index (χ0v) is 8.61. The second kappa shape index (κ2) is 10.4. The third-order valence-corrected chi connectivity index (χ3v) is 1.40. The first-order chi connectivity index (χ1) is 2.91. The Kier molecular flexibility index (Phi) is 16.7. The van der Waals surface area contributed by atoms with E-state index in [0.717, 1.165) is 6.54 Å². The fraction of sp³-hybridized carbons (Fsp3) is 1.00. The predicted molar refractivity (Wildman–Crippen MR) is 35.9 cm³/mol. The highest BCUT2D eigenvalue weighted by Gasteiger charge is 1.79. The smallest absolute Gasteiger partial charge is 0.0740 e. The zero-order chi connectivity index (χ0) is 4.83. The molecule has 1 nitrogen and oxygen atoms in total. The van der Waals surface area contributed by atoms with Crippen LogP contribution in [-0.2, 0) is 0 Å². The fourth-order valence-electron chi connectivity index (χ4n) is 0.271. The zero-order valence-electron chi connectivity index (χ0n) is 4.29. The van der Waals surface area contributed by atoms with Crippen molar-refractivity contribution in [3.8, 4) is 0 Å². The van der Waals surface area contributed by atoms with Crippen LogP contribution in [0.15, 0.2) is 0 Å². The third-order valence-electron chi connectivity index (χ3n) is 0.634. The average Bonchev–Trinajstić information content (AvgIpc) is 1.61. The van der Waals surface area contributed by atoms with E-state index in [0.29, 0.717) is 0 Å². The molecule has 0 saturated heterocycles. The lowest BCUT2D eigenvalue weighted by Gasteiger charge is -1.83. The monoisotopic (exact) mass is 327 g/mol. The molecule has 0 aromatic rings. The van der Waals surface area contributed by atoms with Crippen LogP contribution >= 0.6 is 22.6 Å². The van der Waals surface area contributed by atoms with Crippen molar-refractivity contribution >= 4 is 22.6 Å². The minimum Gasteiger partial charge on any atom is -1.00 e. The van der Waals surface area contributed by atoms with Crippen LogP contribution in [-0.4, -0.2) is 11.0 Å². The minimum atomic E-state index is 0. The molecule has 0 fully saturated rings. The molecule has 0 aliphatic carbocycles. The molecule has 0 aromatic carbocycles. The van der Waals surface area contributed by atoms with Crippen molar-refractivity contribution in [2.24, 2.45) is 0 Å². The van der Waals surface area contributed by atoms with Gasteiger partial charge in [0.1, 0.15) is 0 Å². The third kappa shape index (κ3) is 11.2. The van der Waals surface area contributed by atoms with E-state index in [1.54, 1.807) is 0 Å². The van der Waals surface area contributed by atoms with Crippen molar-refractivity contribution in [2.45, 2.75) is 12.8 Å². The molecule has 0 radical (unpaired) electrons. The van der Waals surface area contributed by atoms with Crippen molar-refractivity contribution in [3.05, 3.63) is 0 Å². The van der Waals surface area contributed by atoms with Gasteiger partial charge in [0.25, 0.3) is 0 Å². The number of quaternary nitrogens is 1. The molecule has 0 spiro atoms. The molecule has 0 aromatic heterocycles. The maximum atomic E-state index is 3.72. The van der Waals surface area contributed by atoms with Crippen molar-refractivity contribution in [2.75, 3.05) is 11.0 Å². The molecule has 0 unspecified atom stereocenters. The Morgan fingerprint density at radius 2 is 1.86 bits per heavy atom. The molecule has 0 heterocycles. The lowest BCUT2D eigenvalue weighted by molar-refractivity contribution is -0.368. The molecule has 0 bridgehead atoms. The van der Waals surface area contributed by atoms with E-state index in [1.165, 1.54) is 17.3 Å². The number of hydrogen-bond acceptors (Lipinski definition) is 0. The van der Waals surface area contributed by atoms with Gasteiger partial charge in [-0.15, -0.1) is 0 Å². The van der Waals surface area contributed by atoms with Crippen molar-refractivity contribution < 1.29 is 29.7 Å². The molecule has 0 aliphatic rings. The fourth-order valence-corrected chi connectivity index (χ4v) is 0.811. The summed E-state index contributed by atoms with van der Waals surface area (Å²) in [6, 6.07) is 0. The van der Waals surface area contributed by atoms with Crippen LogP contribution in [0.5, 0.6) is 0 Å². The standard InChI is InChI=1S/C4H10IN.HI/c5-3-1-2-4-6;/h1-4,6H2;1H. The van der Waals surface area contributed by atoms with Gasteiger partial charge in [-0.05, 0) is 17.3 Å². The Bertz CT molecular complexity index is 21.7. The normalized spacial score (nSPS) is 7.71. The Hall–Kier alpha value is 1.42. The summed E-state index contributed by atoms with van der Waals surface area (Å²) < 4.78 is 1.28. The van der Waals surface area contributed by atoms with Gasteiger partial charge in [-0.2, -0.15) is 0 Å². The summed E-state index contributed by atoms with van der Waals surface area (Å²) in [5.74, 6) is 0. The van der Waals surface area contributed by atoms with Gasteiger partial charge < -0.3 is 29.7 Å². The first kappa shape index (κ1) is 11.2. The van der Waals surface area contributed by atoms with E-state index in [9.17, 15) is 0 Å². The first-order valence-corrected chi connectivity index (χ1v) is 3.79. The quantitative estimate of drug-likeness (QED) is 0.336. The molecule has 3 heteroatoms. The SMILES string of the molecule is [I-].[NH3+]CCCCI. The topological polar surface area (TPSA) is 27.6 Å². The van der Waals surface area contributed by atoms with Crippen molar-refractivity contribution in [1.82, 2.24) is 0 Å². The highest BCUT2D eigenvalue weighted by atomic mass is 127. The number of alkyl halides is 1. The number of hydrogen-bond donors (Lipinski definition) is 1. The van der Waals surface area contributed by atoms with Gasteiger partial charge in [-0.1, -0.05) is 22.6 Å². The van der Waals surface area contributed by atoms with Gasteiger partial charge in [-0.3, -0.25) is 0 Å². The Morgan fingerprint density at radius 3 is 2.00 bits per heavy atom. The van der Waals surface area contributed by atoms with Gasteiger partial charge in [0.2, 0.25) is 0 Å². The van der Waals surface area contributed by atoms with Crippen LogP contribution in [0.3, 0.4) is 0 Å². The predicted octanol–water partition coefficient (Wildman–Crippen LogP) is -2.55. The lowest BCUT2D eigenvalue weighted by Crippen LogP contribution is -3.00. The van der Waals surface area contributed by atoms with Gasteiger partial charge in [-0.25, -0.2) is 0 Å². The minimum absolute atomic E-state index is 0. The van der Waals surface area contributed by atoms with E-state index < -0.39 is 0 Å². The largest absolute Gasteiger partial charge is 1.00 e. The van der Waals surface area contributed by atoms with E-state index in [4.69, 9.17) is 0 Å². The van der Waals surface area contributed by atoms with Gasteiger partial charge >= 0.3 is 0 Å². The highest BCUT2D eigenvalue weighted by Crippen LogP contribution is 1.89. The van der Waals surface area contributed by atoms with Crippen molar-refractivity contribution in [3.63, 3.8) is 0 Å². The lowest BCUT2D eigenvalue weighted by atomic mass is 10.3. The van der Waals surface area contributed by atoms with Crippen LogP contribution in [0, 0.1) is 0 Å². The van der Waals surface area contributed by atoms with Crippen molar-refractivity contribution in [1.29, 1.82) is 0 Å². The maximum Gasteiger partial charge on any atom is 0.0740 e. The van der Waals surface area contributed by atoms with Crippen LogP contribution < -0.4 is 29.7 Å². The Balaban J connectivity index is 0. The Morgan fingerprint density at radius 1 is 1.29 bits per heavy atom. The van der Waals surface area contributed by atoms with E-state index in [2.05, 4.69) is 28.3 Å². The van der Waals surface area contributed by atoms with E-state index in [-0.39, 0.29) is 24.0 Å². The van der Waals surface area contributed by atoms with E-state index in [1.807, 2.05) is 0 Å². The molecule has 0 rings (SSSR count). The molecule has 0 atom stereocenters. The first-order valence-electron chi connectivity index (χ1n) is 2.27. The van der Waals surface area contributed by atoms with Crippen LogP contribution in [0.4, 0.5) is 0 Å². The molecule has 7 heavy (non-hydrogen) atoms. The summed E-state index contributed by atoms with van der Waals surface area (Å²) in [6.45, 7) is 1.10. The molecule has 0 saturated carbocycles. The molecular formula is C4H11I2N. The summed E-state index contributed by atoms with van der Waals surface area (Å²) in [7, 11) is 0. The molecule has 0 amide bonds. The molecule has 3 N–H and O–H groups in total. The summed E-state index contributed by atoms with van der Waals surface area (Å²) in [4.78, 5) is 0. The summed E-state index contributed by atoms with van der Waals surface area (Å²) in [5, 5.41) is 0. The summed E-state index contributed by atoms with van der Waals surface area (Å²) in [6.07, 6.45) is 2.63. The second-order valence-corrected chi connectivity index (χ2v) is 2.33. The van der Waals surface area contributed by atoms with Gasteiger partial charge in [0.15, 0.2) is 0 Å². The van der Waals surface area contributed by atoms with Crippen LogP contribution in [0.2, 0.25) is 0 Å². The number of rotatable bonds is 3. The summed E-state index contributed by atoms with van der Waals surface area (Å²) >= 11 is 2.38.